The Kier molecular flexibility index (Phi) is 3.68. The maximum absolute atomic E-state index is 5.72. The zero-order chi connectivity index (χ0) is 12.3. The van der Waals surface area contributed by atoms with E-state index in [4.69, 9.17) is 10.5 Å². The van der Waals surface area contributed by atoms with Crippen LogP contribution in [0.5, 0.6) is 5.88 Å². The lowest BCUT2D eigenvalue weighted by molar-refractivity contribution is 0.322. The molecule has 1 saturated heterocycles. The molecule has 1 aliphatic rings. The molecular weight excluding hydrogens is 216 g/mol. The van der Waals surface area contributed by atoms with Gasteiger partial charge in [0.15, 0.2) is 0 Å². The van der Waals surface area contributed by atoms with Gasteiger partial charge in [-0.2, -0.15) is 4.98 Å². The van der Waals surface area contributed by atoms with Crippen molar-refractivity contribution in [3.05, 3.63) is 12.1 Å². The van der Waals surface area contributed by atoms with Gasteiger partial charge in [-0.25, -0.2) is 0 Å². The summed E-state index contributed by atoms with van der Waals surface area (Å²) in [4.78, 5) is 6.68. The van der Waals surface area contributed by atoms with Gasteiger partial charge in [0, 0.05) is 12.6 Å². The van der Waals surface area contributed by atoms with E-state index in [9.17, 15) is 0 Å². The van der Waals surface area contributed by atoms with E-state index in [0.29, 0.717) is 17.6 Å². The number of likely N-dealkylation sites (N-methyl/N-ethyl adjacent to an activating group) is 1. The van der Waals surface area contributed by atoms with Crippen molar-refractivity contribution in [2.75, 3.05) is 38.3 Å². The molecule has 0 saturated carbocycles. The molecule has 0 amide bonds. The molecular formula is C12H20N4O. The van der Waals surface area contributed by atoms with Crippen molar-refractivity contribution in [2.24, 2.45) is 0 Å². The number of methoxy groups -OCH3 is 1. The summed E-state index contributed by atoms with van der Waals surface area (Å²) in [5.74, 6) is 1.30. The number of pyridine rings is 1. The summed E-state index contributed by atoms with van der Waals surface area (Å²) in [6, 6.07) is 4.29. The second kappa shape index (κ2) is 5.23. The van der Waals surface area contributed by atoms with Crippen LogP contribution < -0.4 is 15.8 Å². The van der Waals surface area contributed by atoms with Gasteiger partial charge in [0.05, 0.1) is 12.8 Å². The van der Waals surface area contributed by atoms with E-state index in [-0.39, 0.29) is 0 Å². The molecule has 0 aliphatic carbocycles. The second-order valence-corrected chi connectivity index (χ2v) is 4.45. The van der Waals surface area contributed by atoms with Gasteiger partial charge in [-0.05, 0) is 38.6 Å². The maximum atomic E-state index is 5.72. The van der Waals surface area contributed by atoms with Crippen LogP contribution in [0, 0.1) is 0 Å². The van der Waals surface area contributed by atoms with E-state index in [1.165, 1.54) is 19.4 Å². The summed E-state index contributed by atoms with van der Waals surface area (Å²) >= 11 is 0. The molecule has 0 aromatic carbocycles. The predicted molar refractivity (Wildman–Crippen MR) is 69.3 cm³/mol. The normalized spacial score (nSPS) is 20.5. The van der Waals surface area contributed by atoms with Gasteiger partial charge < -0.3 is 20.7 Å². The standard InChI is InChI=1S/C12H20N4O/c1-16-7-3-4-9(16)8-14-11-6-5-10(13)12(15-11)17-2/h5-6,9H,3-4,7-8,13H2,1-2H3,(H,14,15). The fourth-order valence-electron chi connectivity index (χ4n) is 2.17. The molecule has 0 spiro atoms. The molecule has 94 valence electrons. The first-order valence-corrected chi connectivity index (χ1v) is 5.95. The molecule has 1 aromatic rings. The van der Waals surface area contributed by atoms with Crippen LogP contribution in [0.3, 0.4) is 0 Å². The van der Waals surface area contributed by atoms with Gasteiger partial charge >= 0.3 is 0 Å². The van der Waals surface area contributed by atoms with E-state index in [2.05, 4.69) is 22.2 Å². The van der Waals surface area contributed by atoms with E-state index in [1.54, 1.807) is 7.11 Å². The smallest absolute Gasteiger partial charge is 0.238 e. The second-order valence-electron chi connectivity index (χ2n) is 4.45. The Balaban J connectivity index is 1.94. The van der Waals surface area contributed by atoms with Crippen LogP contribution in [0.15, 0.2) is 12.1 Å². The van der Waals surface area contributed by atoms with Crippen molar-refractivity contribution in [3.63, 3.8) is 0 Å². The molecule has 5 nitrogen and oxygen atoms in total. The van der Waals surface area contributed by atoms with Gasteiger partial charge in [-0.15, -0.1) is 0 Å². The summed E-state index contributed by atoms with van der Waals surface area (Å²) in [5.41, 5.74) is 6.28. The largest absolute Gasteiger partial charge is 0.479 e. The van der Waals surface area contributed by atoms with E-state index in [0.717, 1.165) is 12.4 Å². The van der Waals surface area contributed by atoms with Crippen LogP contribution in [0.1, 0.15) is 12.8 Å². The predicted octanol–water partition coefficient (Wildman–Crippen LogP) is 1.18. The number of nitrogens with two attached hydrogens (primary N) is 1. The average molecular weight is 236 g/mol. The Morgan fingerprint density at radius 2 is 2.41 bits per heavy atom. The molecule has 0 bridgehead atoms. The number of rotatable bonds is 4. The van der Waals surface area contributed by atoms with E-state index in [1.807, 2.05) is 12.1 Å². The summed E-state index contributed by atoms with van der Waals surface area (Å²) in [6.45, 7) is 2.10. The molecule has 1 aliphatic heterocycles. The lowest BCUT2D eigenvalue weighted by Gasteiger charge is -2.20. The van der Waals surface area contributed by atoms with Crippen LogP contribution in [0.2, 0.25) is 0 Å². The minimum Gasteiger partial charge on any atom is -0.479 e. The third-order valence-electron chi connectivity index (χ3n) is 3.27. The van der Waals surface area contributed by atoms with Gasteiger partial charge in [-0.3, -0.25) is 0 Å². The summed E-state index contributed by atoms with van der Waals surface area (Å²) in [6.07, 6.45) is 2.52. The van der Waals surface area contributed by atoms with Crippen LogP contribution in [0.25, 0.3) is 0 Å². The maximum Gasteiger partial charge on any atom is 0.238 e. The minimum absolute atomic E-state index is 0.481. The van der Waals surface area contributed by atoms with Crippen molar-refractivity contribution in [2.45, 2.75) is 18.9 Å². The zero-order valence-corrected chi connectivity index (χ0v) is 10.4. The molecule has 1 fully saturated rings. The quantitative estimate of drug-likeness (QED) is 0.822. The van der Waals surface area contributed by atoms with E-state index >= 15 is 0 Å². The van der Waals surface area contributed by atoms with Gasteiger partial charge in [0.2, 0.25) is 5.88 Å². The first-order valence-electron chi connectivity index (χ1n) is 5.95. The van der Waals surface area contributed by atoms with Crippen molar-refractivity contribution in [3.8, 4) is 5.88 Å². The topological polar surface area (TPSA) is 63.4 Å². The third kappa shape index (κ3) is 2.79. The van der Waals surface area contributed by atoms with Crippen LogP contribution >= 0.6 is 0 Å². The number of aromatic nitrogens is 1. The Bertz CT molecular complexity index is 383. The van der Waals surface area contributed by atoms with Crippen molar-refractivity contribution < 1.29 is 4.74 Å². The van der Waals surface area contributed by atoms with Crippen molar-refractivity contribution in [1.29, 1.82) is 0 Å². The highest BCUT2D eigenvalue weighted by Crippen LogP contribution is 2.21. The first kappa shape index (κ1) is 12.0. The third-order valence-corrected chi connectivity index (χ3v) is 3.27. The highest BCUT2D eigenvalue weighted by molar-refractivity contribution is 5.53. The lowest BCUT2D eigenvalue weighted by atomic mass is 10.2. The van der Waals surface area contributed by atoms with Crippen molar-refractivity contribution in [1.82, 2.24) is 9.88 Å². The van der Waals surface area contributed by atoms with Gasteiger partial charge in [0.25, 0.3) is 0 Å². The number of anilines is 2. The Hall–Kier alpha value is -1.49. The Labute approximate surface area is 102 Å². The van der Waals surface area contributed by atoms with Crippen LogP contribution in [0.4, 0.5) is 11.5 Å². The number of hydrogen-bond donors (Lipinski definition) is 2. The molecule has 1 atom stereocenters. The monoisotopic (exact) mass is 236 g/mol. The number of nitrogens with zero attached hydrogens (tertiary/aromatic N) is 2. The van der Waals surface area contributed by atoms with Gasteiger partial charge in [-0.1, -0.05) is 0 Å². The number of hydrogen-bond acceptors (Lipinski definition) is 5. The number of ether oxygens (including phenoxy) is 1. The molecule has 17 heavy (non-hydrogen) atoms. The van der Waals surface area contributed by atoms with Crippen molar-refractivity contribution >= 4 is 11.5 Å². The summed E-state index contributed by atoms with van der Waals surface area (Å²) in [7, 11) is 3.74. The fraction of sp³-hybridized carbons (Fsp3) is 0.583. The SMILES string of the molecule is COc1nc(NCC2CCCN2C)ccc1N. The van der Waals surface area contributed by atoms with Crippen LogP contribution in [-0.4, -0.2) is 43.2 Å². The zero-order valence-electron chi connectivity index (χ0n) is 10.4. The molecule has 5 heteroatoms. The Morgan fingerprint density at radius 1 is 1.59 bits per heavy atom. The highest BCUT2D eigenvalue weighted by Gasteiger charge is 2.20. The molecule has 0 radical (unpaired) electrons. The highest BCUT2D eigenvalue weighted by atomic mass is 16.5. The van der Waals surface area contributed by atoms with E-state index < -0.39 is 0 Å². The number of nitrogen functional groups attached to an aromatic ring is 1. The Morgan fingerprint density at radius 3 is 3.06 bits per heavy atom. The molecule has 1 aromatic heterocycles. The summed E-state index contributed by atoms with van der Waals surface area (Å²) < 4.78 is 5.09. The number of likely N-dealkylation sites (tertiary alicyclic amines) is 1. The summed E-state index contributed by atoms with van der Waals surface area (Å²) in [5, 5.41) is 3.33. The molecule has 1 unspecified atom stereocenters. The molecule has 3 N–H and O–H groups in total. The lowest BCUT2D eigenvalue weighted by Crippen LogP contribution is -2.31. The average Bonchev–Trinajstić information content (AvgIpc) is 2.74. The first-order chi connectivity index (χ1) is 8.20. The van der Waals surface area contributed by atoms with Gasteiger partial charge in [0.1, 0.15) is 5.82 Å². The fourth-order valence-corrected chi connectivity index (χ4v) is 2.17. The molecule has 2 heterocycles. The van der Waals surface area contributed by atoms with Crippen LogP contribution in [-0.2, 0) is 0 Å². The number of nitrogens with one attached hydrogen (secondary N) is 1. The minimum atomic E-state index is 0.481. The molecule has 2 rings (SSSR count).